The number of ether oxygens (including phenoxy) is 1. The van der Waals surface area contributed by atoms with Crippen LogP contribution in [-0.4, -0.2) is 6.61 Å². The maximum atomic E-state index is 14.8. The summed E-state index contributed by atoms with van der Waals surface area (Å²) >= 11 is 0. The first kappa shape index (κ1) is 25.6. The molecule has 0 aliphatic rings. The lowest BCUT2D eigenvalue weighted by Gasteiger charge is -2.10. The van der Waals surface area contributed by atoms with Crippen molar-refractivity contribution < 1.29 is 17.9 Å². The topological polar surface area (TPSA) is 9.23 Å². The third-order valence-electron chi connectivity index (χ3n) is 6.43. The number of halogens is 3. The van der Waals surface area contributed by atoms with Crippen molar-refractivity contribution in [2.45, 2.75) is 46.0 Å². The average molecular weight is 489 g/mol. The molecule has 0 fully saturated rings. The van der Waals surface area contributed by atoms with E-state index in [9.17, 15) is 13.2 Å². The second kappa shape index (κ2) is 11.9. The second-order valence-corrected chi connectivity index (χ2v) is 9.16. The molecular formula is C32H31F3O. The summed E-state index contributed by atoms with van der Waals surface area (Å²) in [5.74, 6) is -1.71. The summed E-state index contributed by atoms with van der Waals surface area (Å²) in [6.07, 6.45) is 4.01. The van der Waals surface area contributed by atoms with E-state index in [2.05, 4.69) is 6.92 Å². The van der Waals surface area contributed by atoms with Crippen LogP contribution < -0.4 is 4.74 Å². The smallest absolute Gasteiger partial charge is 0.166 e. The van der Waals surface area contributed by atoms with Crippen LogP contribution >= 0.6 is 0 Å². The van der Waals surface area contributed by atoms with Crippen LogP contribution in [0.25, 0.3) is 22.3 Å². The van der Waals surface area contributed by atoms with E-state index in [1.165, 1.54) is 6.07 Å². The minimum Gasteiger partial charge on any atom is -0.491 e. The molecular weight excluding hydrogens is 457 g/mol. The van der Waals surface area contributed by atoms with Gasteiger partial charge >= 0.3 is 0 Å². The summed E-state index contributed by atoms with van der Waals surface area (Å²) < 4.78 is 49.6. The zero-order valence-electron chi connectivity index (χ0n) is 20.8. The maximum absolute atomic E-state index is 14.8. The minimum atomic E-state index is -0.813. The molecule has 4 rings (SSSR count). The Morgan fingerprint density at radius 2 is 1.36 bits per heavy atom. The van der Waals surface area contributed by atoms with Gasteiger partial charge in [-0.15, -0.1) is 0 Å². The van der Waals surface area contributed by atoms with Crippen LogP contribution in [0.1, 0.15) is 42.9 Å². The quantitative estimate of drug-likeness (QED) is 0.202. The molecule has 4 aromatic carbocycles. The molecule has 0 amide bonds. The molecule has 0 N–H and O–H groups in total. The van der Waals surface area contributed by atoms with Gasteiger partial charge in [0, 0.05) is 5.56 Å². The largest absolute Gasteiger partial charge is 0.491 e. The van der Waals surface area contributed by atoms with E-state index in [1.807, 2.05) is 49.4 Å². The predicted octanol–water partition coefficient (Wildman–Crippen LogP) is 9.10. The SMILES string of the molecule is CCCCCOc1ccc(-c2ccc(CCc3ccc(-c4ccc(C)cc4)c(F)c3F)cc2)cc1F. The van der Waals surface area contributed by atoms with Gasteiger partial charge in [0.1, 0.15) is 0 Å². The lowest BCUT2D eigenvalue weighted by Crippen LogP contribution is -2.00. The molecule has 4 heteroatoms. The Labute approximate surface area is 211 Å². The van der Waals surface area contributed by atoms with Gasteiger partial charge in [-0.3, -0.25) is 0 Å². The van der Waals surface area contributed by atoms with Gasteiger partial charge in [0.2, 0.25) is 0 Å². The van der Waals surface area contributed by atoms with Gasteiger partial charge in [0.15, 0.2) is 23.2 Å². The van der Waals surface area contributed by atoms with Gasteiger partial charge in [-0.05, 0) is 66.1 Å². The molecule has 1 nitrogen and oxygen atoms in total. The van der Waals surface area contributed by atoms with Gasteiger partial charge in [0.05, 0.1) is 6.61 Å². The predicted molar refractivity (Wildman–Crippen MR) is 141 cm³/mol. The highest BCUT2D eigenvalue weighted by Crippen LogP contribution is 2.29. The van der Waals surface area contributed by atoms with Crippen molar-refractivity contribution in [3.8, 4) is 28.0 Å². The van der Waals surface area contributed by atoms with Gasteiger partial charge < -0.3 is 4.74 Å². The third-order valence-corrected chi connectivity index (χ3v) is 6.43. The highest BCUT2D eigenvalue weighted by molar-refractivity contribution is 5.66. The van der Waals surface area contributed by atoms with Crippen molar-refractivity contribution in [3.05, 3.63) is 113 Å². The fourth-order valence-corrected chi connectivity index (χ4v) is 4.21. The molecule has 0 aromatic heterocycles. The summed E-state index contributed by atoms with van der Waals surface area (Å²) in [6, 6.07) is 23.4. The normalized spacial score (nSPS) is 11.0. The minimum absolute atomic E-state index is 0.269. The summed E-state index contributed by atoms with van der Waals surface area (Å²) in [6.45, 7) is 4.58. The fourth-order valence-electron chi connectivity index (χ4n) is 4.21. The van der Waals surface area contributed by atoms with Crippen molar-refractivity contribution in [1.29, 1.82) is 0 Å². The second-order valence-electron chi connectivity index (χ2n) is 9.16. The monoisotopic (exact) mass is 488 g/mol. The molecule has 0 radical (unpaired) electrons. The lowest BCUT2D eigenvalue weighted by atomic mass is 9.97. The summed E-state index contributed by atoms with van der Waals surface area (Å²) in [5, 5.41) is 0. The van der Waals surface area contributed by atoms with Gasteiger partial charge in [-0.2, -0.15) is 0 Å². The van der Waals surface area contributed by atoms with Crippen LogP contribution in [0.5, 0.6) is 5.75 Å². The molecule has 0 spiro atoms. The lowest BCUT2D eigenvalue weighted by molar-refractivity contribution is 0.291. The fraction of sp³-hybridized carbons (Fsp3) is 0.250. The number of rotatable bonds is 10. The van der Waals surface area contributed by atoms with E-state index in [0.29, 0.717) is 30.6 Å². The molecule has 0 saturated carbocycles. The van der Waals surface area contributed by atoms with Crippen molar-refractivity contribution in [2.24, 2.45) is 0 Å². The van der Waals surface area contributed by atoms with Crippen LogP contribution in [-0.2, 0) is 12.8 Å². The molecule has 0 bridgehead atoms. The first-order valence-corrected chi connectivity index (χ1v) is 12.5. The highest BCUT2D eigenvalue weighted by Gasteiger charge is 2.15. The Kier molecular flexibility index (Phi) is 8.48. The van der Waals surface area contributed by atoms with Crippen molar-refractivity contribution >= 4 is 0 Å². The molecule has 0 aliphatic carbocycles. The van der Waals surface area contributed by atoms with E-state index in [-0.39, 0.29) is 17.1 Å². The Morgan fingerprint density at radius 1 is 0.667 bits per heavy atom. The average Bonchev–Trinajstić information content (AvgIpc) is 2.89. The zero-order valence-corrected chi connectivity index (χ0v) is 20.8. The first-order valence-electron chi connectivity index (χ1n) is 12.5. The third kappa shape index (κ3) is 6.17. The molecule has 0 atom stereocenters. The molecule has 0 heterocycles. The molecule has 4 aromatic rings. The molecule has 36 heavy (non-hydrogen) atoms. The van der Waals surface area contributed by atoms with Crippen LogP contribution in [0.2, 0.25) is 0 Å². The first-order chi connectivity index (χ1) is 17.5. The highest BCUT2D eigenvalue weighted by atomic mass is 19.2. The molecule has 0 aliphatic heterocycles. The van der Waals surface area contributed by atoms with Crippen molar-refractivity contribution in [2.75, 3.05) is 6.61 Å². The Bertz CT molecular complexity index is 1290. The van der Waals surface area contributed by atoms with Crippen LogP contribution in [0.15, 0.2) is 78.9 Å². The van der Waals surface area contributed by atoms with Crippen molar-refractivity contribution in [3.63, 3.8) is 0 Å². The maximum Gasteiger partial charge on any atom is 0.166 e. The van der Waals surface area contributed by atoms with E-state index in [4.69, 9.17) is 4.74 Å². The molecule has 0 saturated heterocycles. The molecule has 186 valence electrons. The number of hydrogen-bond acceptors (Lipinski definition) is 1. The van der Waals surface area contributed by atoms with Gasteiger partial charge in [0.25, 0.3) is 0 Å². The Balaban J connectivity index is 1.39. The number of unbranched alkanes of at least 4 members (excludes halogenated alkanes) is 2. The summed E-state index contributed by atoms with van der Waals surface area (Å²) in [7, 11) is 0. The summed E-state index contributed by atoms with van der Waals surface area (Å²) in [4.78, 5) is 0. The van der Waals surface area contributed by atoms with Crippen LogP contribution in [0.3, 0.4) is 0 Å². The van der Waals surface area contributed by atoms with Crippen LogP contribution in [0, 0.1) is 24.4 Å². The standard InChI is InChI=1S/C32H31F3O/c1-3-4-5-20-36-30-19-17-27(21-29(30)33)24-13-8-23(9-14-24)10-15-26-16-18-28(32(35)31(26)34)25-11-6-22(2)7-12-25/h6-9,11-14,16-19,21H,3-5,10,15,20H2,1-2H3. The van der Waals surface area contributed by atoms with Gasteiger partial charge in [-0.1, -0.05) is 92.1 Å². The number of benzene rings is 4. The van der Waals surface area contributed by atoms with Crippen LogP contribution in [0.4, 0.5) is 13.2 Å². The van der Waals surface area contributed by atoms with E-state index < -0.39 is 11.6 Å². The Morgan fingerprint density at radius 3 is 2.06 bits per heavy atom. The zero-order chi connectivity index (χ0) is 25.5. The van der Waals surface area contributed by atoms with E-state index in [0.717, 1.165) is 41.5 Å². The molecule has 0 unspecified atom stereocenters. The Hall–Kier alpha value is -3.53. The van der Waals surface area contributed by atoms with E-state index in [1.54, 1.807) is 30.3 Å². The van der Waals surface area contributed by atoms with Crippen molar-refractivity contribution in [1.82, 2.24) is 0 Å². The number of hydrogen-bond donors (Lipinski definition) is 0. The van der Waals surface area contributed by atoms with E-state index >= 15 is 0 Å². The number of aryl methyl sites for hydroxylation is 3. The summed E-state index contributed by atoms with van der Waals surface area (Å²) in [5.41, 5.74) is 4.99. The van der Waals surface area contributed by atoms with Gasteiger partial charge in [-0.25, -0.2) is 13.2 Å².